The molecule has 0 fully saturated rings. The molecule has 1 heterocycles. The Morgan fingerprint density at radius 1 is 1.32 bits per heavy atom. The van der Waals surface area contributed by atoms with Gasteiger partial charge in [-0.1, -0.05) is 25.1 Å². The summed E-state index contributed by atoms with van der Waals surface area (Å²) in [7, 11) is -1.69. The molecule has 0 saturated heterocycles. The number of anilines is 1. The second kappa shape index (κ2) is 6.27. The number of nitrogens with zero attached hydrogens (tertiary/aromatic N) is 3. The zero-order valence-electron chi connectivity index (χ0n) is 12.7. The minimum Gasteiger partial charge on any atom is -0.294 e. The number of hydrogen-bond donors (Lipinski definition) is 1. The van der Waals surface area contributed by atoms with Crippen LogP contribution < -0.4 is 5.32 Å². The van der Waals surface area contributed by atoms with Crippen molar-refractivity contribution in [3.05, 3.63) is 35.7 Å². The minimum absolute atomic E-state index is 0.00584. The number of carbonyl (C=O) groups excluding carboxylic acids is 1. The predicted molar refractivity (Wildman–Crippen MR) is 82.2 cm³/mol. The summed E-state index contributed by atoms with van der Waals surface area (Å²) in [6, 6.07) is 6.53. The van der Waals surface area contributed by atoms with E-state index in [1.807, 2.05) is 0 Å². The topological polar surface area (TPSA) is 93.9 Å². The van der Waals surface area contributed by atoms with Crippen LogP contribution in [0.1, 0.15) is 18.3 Å². The Morgan fingerprint density at radius 2 is 2.00 bits per heavy atom. The number of aromatic nitrogens is 3. The molecule has 1 amide bonds. The molecule has 1 aromatic heterocycles. The van der Waals surface area contributed by atoms with E-state index in [4.69, 9.17) is 0 Å². The average Bonchev–Trinajstić information content (AvgIpc) is 2.77. The number of hydrogen-bond acceptors (Lipinski definition) is 5. The van der Waals surface area contributed by atoms with Crippen LogP contribution in [-0.4, -0.2) is 34.8 Å². The van der Waals surface area contributed by atoms with Crippen LogP contribution >= 0.6 is 0 Å². The monoisotopic (exact) mass is 322 g/mol. The molecule has 0 saturated carbocycles. The molecule has 1 aromatic carbocycles. The van der Waals surface area contributed by atoms with Gasteiger partial charge in [-0.3, -0.25) is 10.1 Å². The fourth-order valence-corrected chi connectivity index (χ4v) is 3.21. The van der Waals surface area contributed by atoms with Gasteiger partial charge in [0.05, 0.1) is 17.1 Å². The third-order valence-electron chi connectivity index (χ3n) is 3.16. The zero-order chi connectivity index (χ0) is 16.3. The van der Waals surface area contributed by atoms with Gasteiger partial charge in [-0.05, 0) is 18.6 Å². The molecule has 0 atom stereocenters. The first-order chi connectivity index (χ1) is 10.3. The van der Waals surface area contributed by atoms with Crippen LogP contribution in [-0.2, 0) is 28.1 Å². The Kier molecular flexibility index (Phi) is 4.60. The molecule has 1 N–H and O–H groups in total. The fourth-order valence-electron chi connectivity index (χ4n) is 2.07. The van der Waals surface area contributed by atoms with Crippen LogP contribution in [0.2, 0.25) is 0 Å². The molecule has 0 aliphatic carbocycles. The minimum atomic E-state index is -3.36. The van der Waals surface area contributed by atoms with Crippen LogP contribution in [0.15, 0.2) is 29.2 Å². The highest BCUT2D eigenvalue weighted by Crippen LogP contribution is 2.18. The van der Waals surface area contributed by atoms with E-state index < -0.39 is 9.84 Å². The highest BCUT2D eigenvalue weighted by Gasteiger charge is 2.18. The molecular weight excluding hydrogens is 304 g/mol. The number of aryl methyl sites for hydroxylation is 2. The summed E-state index contributed by atoms with van der Waals surface area (Å²) in [5.41, 5.74) is 0.473. The lowest BCUT2D eigenvalue weighted by Crippen LogP contribution is -2.19. The summed E-state index contributed by atoms with van der Waals surface area (Å²) in [5.74, 6) is 0.535. The molecular formula is C14H18N4O3S. The smallest absolute Gasteiger partial charge is 0.231 e. The first-order valence-corrected chi connectivity index (χ1v) is 8.47. The van der Waals surface area contributed by atoms with Gasteiger partial charge in [-0.2, -0.15) is 10.1 Å². The van der Waals surface area contributed by atoms with Crippen LogP contribution in [0.3, 0.4) is 0 Å². The van der Waals surface area contributed by atoms with Gasteiger partial charge in [0, 0.05) is 7.05 Å². The van der Waals surface area contributed by atoms with Crippen molar-refractivity contribution in [2.45, 2.75) is 25.2 Å². The Hall–Kier alpha value is -2.22. The molecule has 22 heavy (non-hydrogen) atoms. The molecule has 118 valence electrons. The fraction of sp³-hybridized carbons (Fsp3) is 0.357. The molecule has 0 bridgehead atoms. The number of rotatable bonds is 5. The van der Waals surface area contributed by atoms with Crippen molar-refractivity contribution in [2.75, 3.05) is 11.1 Å². The quantitative estimate of drug-likeness (QED) is 0.889. The summed E-state index contributed by atoms with van der Waals surface area (Å²) in [6.45, 7) is 3.30. The first kappa shape index (κ1) is 16.2. The second-order valence-corrected chi connectivity index (χ2v) is 7.09. The SMILES string of the molecule is CCS(=O)(=O)c1ccccc1CC(=O)Nc1nc(C)nn1C. The summed E-state index contributed by atoms with van der Waals surface area (Å²) in [6.07, 6.45) is -0.0404. The third kappa shape index (κ3) is 3.51. The summed E-state index contributed by atoms with van der Waals surface area (Å²) < 4.78 is 25.6. The highest BCUT2D eigenvalue weighted by molar-refractivity contribution is 7.91. The number of sulfone groups is 1. The van der Waals surface area contributed by atoms with Crippen molar-refractivity contribution in [1.82, 2.24) is 14.8 Å². The van der Waals surface area contributed by atoms with Crippen molar-refractivity contribution in [3.8, 4) is 0 Å². The van der Waals surface area contributed by atoms with Gasteiger partial charge in [0.1, 0.15) is 5.82 Å². The van der Waals surface area contributed by atoms with E-state index in [0.717, 1.165) is 0 Å². The number of amides is 1. The van der Waals surface area contributed by atoms with E-state index in [-0.39, 0.29) is 23.0 Å². The summed E-state index contributed by atoms with van der Waals surface area (Å²) in [5, 5.41) is 6.67. The maximum Gasteiger partial charge on any atom is 0.231 e. The standard InChI is InChI=1S/C14H18N4O3S/c1-4-22(20,21)12-8-6-5-7-11(12)9-13(19)16-14-15-10(2)17-18(14)3/h5-8H,4,9H2,1-3H3,(H,15,16,17,19). The number of nitrogens with one attached hydrogen (secondary N) is 1. The lowest BCUT2D eigenvalue weighted by Gasteiger charge is -2.09. The largest absolute Gasteiger partial charge is 0.294 e. The second-order valence-electron chi connectivity index (χ2n) is 4.84. The van der Waals surface area contributed by atoms with Gasteiger partial charge in [0.25, 0.3) is 0 Å². The van der Waals surface area contributed by atoms with Crippen LogP contribution in [0.25, 0.3) is 0 Å². The molecule has 2 rings (SSSR count). The van der Waals surface area contributed by atoms with E-state index in [2.05, 4.69) is 15.4 Å². The molecule has 7 nitrogen and oxygen atoms in total. The van der Waals surface area contributed by atoms with Crippen LogP contribution in [0.5, 0.6) is 0 Å². The third-order valence-corrected chi connectivity index (χ3v) is 4.99. The summed E-state index contributed by atoms with van der Waals surface area (Å²) >= 11 is 0. The molecule has 0 unspecified atom stereocenters. The van der Waals surface area contributed by atoms with E-state index in [9.17, 15) is 13.2 Å². The van der Waals surface area contributed by atoms with Gasteiger partial charge in [0.15, 0.2) is 9.84 Å². The summed E-state index contributed by atoms with van der Waals surface area (Å²) in [4.78, 5) is 16.4. The van der Waals surface area contributed by atoms with Gasteiger partial charge in [0.2, 0.25) is 11.9 Å². The Balaban J connectivity index is 2.21. The van der Waals surface area contributed by atoms with Crippen molar-refractivity contribution >= 4 is 21.7 Å². The van der Waals surface area contributed by atoms with Gasteiger partial charge in [-0.25, -0.2) is 13.1 Å². The van der Waals surface area contributed by atoms with Crippen molar-refractivity contribution in [2.24, 2.45) is 7.05 Å². The van der Waals surface area contributed by atoms with Crippen LogP contribution in [0.4, 0.5) is 5.95 Å². The van der Waals surface area contributed by atoms with Crippen molar-refractivity contribution < 1.29 is 13.2 Å². The normalized spacial score (nSPS) is 11.4. The maximum absolute atomic E-state index is 12.1. The first-order valence-electron chi connectivity index (χ1n) is 6.81. The Morgan fingerprint density at radius 3 is 2.59 bits per heavy atom. The Bertz CT molecular complexity index is 796. The molecule has 0 aliphatic heterocycles. The highest BCUT2D eigenvalue weighted by atomic mass is 32.2. The predicted octanol–water partition coefficient (Wildman–Crippen LogP) is 1.10. The van der Waals surface area contributed by atoms with E-state index in [1.165, 1.54) is 10.7 Å². The zero-order valence-corrected chi connectivity index (χ0v) is 13.5. The molecule has 0 radical (unpaired) electrons. The molecule has 0 spiro atoms. The van der Waals surface area contributed by atoms with Crippen molar-refractivity contribution in [1.29, 1.82) is 0 Å². The van der Waals surface area contributed by atoms with E-state index in [0.29, 0.717) is 17.3 Å². The van der Waals surface area contributed by atoms with E-state index >= 15 is 0 Å². The maximum atomic E-state index is 12.1. The molecule has 8 heteroatoms. The number of carbonyl (C=O) groups is 1. The van der Waals surface area contributed by atoms with Crippen LogP contribution in [0, 0.1) is 6.92 Å². The molecule has 0 aliphatic rings. The van der Waals surface area contributed by atoms with Gasteiger partial charge < -0.3 is 0 Å². The number of benzene rings is 1. The van der Waals surface area contributed by atoms with E-state index in [1.54, 1.807) is 39.1 Å². The lowest BCUT2D eigenvalue weighted by molar-refractivity contribution is -0.115. The van der Waals surface area contributed by atoms with Crippen molar-refractivity contribution in [3.63, 3.8) is 0 Å². The Labute approximate surface area is 129 Å². The van der Waals surface area contributed by atoms with Gasteiger partial charge >= 0.3 is 0 Å². The average molecular weight is 322 g/mol. The van der Waals surface area contributed by atoms with Gasteiger partial charge in [-0.15, -0.1) is 0 Å². The lowest BCUT2D eigenvalue weighted by atomic mass is 10.1. The molecule has 2 aromatic rings.